The molecule has 0 amide bonds. The van der Waals surface area contributed by atoms with Crippen molar-refractivity contribution in [3.8, 4) is 17.2 Å². The Hall–Kier alpha value is -2.55. The Balaban J connectivity index is 0.000000376. The summed E-state index contributed by atoms with van der Waals surface area (Å²) >= 11 is 0. The van der Waals surface area contributed by atoms with E-state index in [4.69, 9.17) is 28.1 Å². The highest BCUT2D eigenvalue weighted by molar-refractivity contribution is 5.97. The Morgan fingerprint density at radius 3 is 2.22 bits per heavy atom. The zero-order chi connectivity index (χ0) is 19.6. The summed E-state index contributed by atoms with van der Waals surface area (Å²) in [6.07, 6.45) is -0.0725. The summed E-state index contributed by atoms with van der Waals surface area (Å²) < 4.78 is 49.8. The van der Waals surface area contributed by atoms with Crippen LogP contribution < -0.4 is 28.1 Å². The summed E-state index contributed by atoms with van der Waals surface area (Å²) in [5.74, 6) is 2.78. The molecule has 3 aromatic carbocycles. The standard InChI is InChI=1S/C19H16O3.ClHO4/c1-20-13-8-6-12(7-9-13)19-15-10-11-16(21-2)14-4-3-5-17(22-19)18(14)15;2-1(3,4)5/h3-11,19H,1-2H3;(H,2,3,4,5). The van der Waals surface area contributed by atoms with Gasteiger partial charge in [0.15, 0.2) is 7.11 Å². The number of hydrogen-bond donors (Lipinski definition) is 0. The van der Waals surface area contributed by atoms with Gasteiger partial charge < -0.3 is 14.2 Å². The van der Waals surface area contributed by atoms with Crippen LogP contribution in [0.3, 0.4) is 0 Å². The SMILES string of the molecule is COc1ccc(C2Oc3cccc4c([OH+]C)ccc2c34)cc1.[O-][Cl+3]([O-])([O-])[O-]. The first kappa shape index (κ1) is 19.2. The molecule has 0 fully saturated rings. The number of aromatic hydroxyl groups is 1. The van der Waals surface area contributed by atoms with E-state index >= 15 is 0 Å². The molecule has 0 spiro atoms. The maximum Gasteiger partial charge on any atom is 0.262 e. The van der Waals surface area contributed by atoms with Crippen LogP contribution in [0.5, 0.6) is 17.2 Å². The van der Waals surface area contributed by atoms with Crippen molar-refractivity contribution in [1.82, 2.24) is 0 Å². The summed E-state index contributed by atoms with van der Waals surface area (Å²) in [4.78, 5) is 0. The lowest BCUT2D eigenvalue weighted by Gasteiger charge is -2.17. The molecular formula is C19H17ClO7. The smallest absolute Gasteiger partial charge is 0.262 e. The highest BCUT2D eigenvalue weighted by Crippen LogP contribution is 2.46. The van der Waals surface area contributed by atoms with Gasteiger partial charge in [0, 0.05) is 17.0 Å². The number of halogens is 1. The highest BCUT2D eigenvalue weighted by atomic mass is 35.7. The Kier molecular flexibility index (Phi) is 5.41. The van der Waals surface area contributed by atoms with Gasteiger partial charge in [-0.1, -0.05) is 18.2 Å². The molecule has 1 unspecified atom stereocenters. The van der Waals surface area contributed by atoms with E-state index in [2.05, 4.69) is 35.1 Å². The van der Waals surface area contributed by atoms with Gasteiger partial charge in [-0.2, -0.15) is 0 Å². The van der Waals surface area contributed by atoms with E-state index in [9.17, 15) is 0 Å². The van der Waals surface area contributed by atoms with Gasteiger partial charge >= 0.3 is 0 Å². The normalized spacial score (nSPS) is 15.0. The van der Waals surface area contributed by atoms with Gasteiger partial charge in [-0.25, -0.2) is 18.6 Å². The number of hydrogen-bond acceptors (Lipinski definition) is 6. The second kappa shape index (κ2) is 7.59. The first-order valence-electron chi connectivity index (χ1n) is 7.89. The van der Waals surface area contributed by atoms with Crippen molar-refractivity contribution < 1.29 is 43.1 Å². The summed E-state index contributed by atoms with van der Waals surface area (Å²) in [6, 6.07) is 18.4. The van der Waals surface area contributed by atoms with Crippen LogP contribution in [0.1, 0.15) is 17.2 Å². The van der Waals surface area contributed by atoms with Gasteiger partial charge in [0.25, 0.3) is 5.75 Å². The second-order valence-electron chi connectivity index (χ2n) is 5.73. The number of benzene rings is 3. The van der Waals surface area contributed by atoms with E-state index in [1.165, 1.54) is 10.9 Å². The lowest BCUT2D eigenvalue weighted by atomic mass is 9.97. The quantitative estimate of drug-likeness (QED) is 0.551. The first-order valence-corrected chi connectivity index (χ1v) is 9.13. The number of aliphatic hydroxyl groups is 1. The molecule has 0 saturated carbocycles. The number of rotatable bonds is 3. The maximum atomic E-state index is 8.49. The zero-order valence-electron chi connectivity index (χ0n) is 14.5. The molecule has 1 aliphatic heterocycles. The van der Waals surface area contributed by atoms with Crippen LogP contribution >= 0.6 is 0 Å². The van der Waals surface area contributed by atoms with E-state index in [1.54, 1.807) is 7.11 Å². The van der Waals surface area contributed by atoms with Crippen LogP contribution in [0, 0.1) is 10.2 Å². The fourth-order valence-corrected chi connectivity index (χ4v) is 3.11. The molecule has 27 heavy (non-hydrogen) atoms. The van der Waals surface area contributed by atoms with Crippen molar-refractivity contribution in [2.75, 3.05) is 14.2 Å². The minimum atomic E-state index is -4.94. The van der Waals surface area contributed by atoms with Crippen molar-refractivity contribution in [1.29, 1.82) is 0 Å². The predicted octanol–water partition coefficient (Wildman–Crippen LogP) is -0.555. The Morgan fingerprint density at radius 1 is 0.963 bits per heavy atom. The van der Waals surface area contributed by atoms with Crippen LogP contribution in [0.2, 0.25) is 0 Å². The van der Waals surface area contributed by atoms with Gasteiger partial charge in [0.05, 0.1) is 12.5 Å². The summed E-state index contributed by atoms with van der Waals surface area (Å²) in [6.45, 7) is 0. The second-order valence-corrected chi connectivity index (χ2v) is 6.48. The maximum absolute atomic E-state index is 8.49. The van der Waals surface area contributed by atoms with Crippen LogP contribution in [0.25, 0.3) is 10.8 Å². The van der Waals surface area contributed by atoms with E-state index in [-0.39, 0.29) is 6.10 Å². The van der Waals surface area contributed by atoms with Crippen LogP contribution in [-0.2, 0) is 0 Å². The predicted molar refractivity (Wildman–Crippen MR) is 87.0 cm³/mol. The van der Waals surface area contributed by atoms with Crippen LogP contribution in [0.4, 0.5) is 0 Å². The molecule has 1 atom stereocenters. The molecule has 1 N–H and O–H groups in total. The largest absolute Gasteiger partial charge is 0.584 e. The minimum absolute atomic E-state index is 0.0725. The molecule has 1 heterocycles. The fourth-order valence-electron chi connectivity index (χ4n) is 3.11. The van der Waals surface area contributed by atoms with E-state index < -0.39 is 10.2 Å². The molecule has 4 rings (SSSR count). The molecule has 0 saturated heterocycles. The van der Waals surface area contributed by atoms with Crippen molar-refractivity contribution in [3.63, 3.8) is 0 Å². The van der Waals surface area contributed by atoms with Crippen molar-refractivity contribution in [2.24, 2.45) is 0 Å². The highest BCUT2D eigenvalue weighted by Gasteiger charge is 2.29. The number of ether oxygens (including phenoxy) is 3. The molecule has 7 nitrogen and oxygen atoms in total. The van der Waals surface area contributed by atoms with Crippen molar-refractivity contribution >= 4 is 10.8 Å². The molecule has 8 heteroatoms. The molecule has 1 aliphatic rings. The lowest BCUT2D eigenvalue weighted by molar-refractivity contribution is -2.00. The molecule has 0 bridgehead atoms. The Morgan fingerprint density at radius 2 is 1.63 bits per heavy atom. The van der Waals surface area contributed by atoms with Gasteiger partial charge in [-0.3, -0.25) is 0 Å². The first-order chi connectivity index (χ1) is 12.8. The molecule has 142 valence electrons. The third-order valence-corrected chi connectivity index (χ3v) is 4.20. The third-order valence-electron chi connectivity index (χ3n) is 4.20. The summed E-state index contributed by atoms with van der Waals surface area (Å²) in [7, 11) is -1.45. The molecular weight excluding hydrogens is 376 g/mol. The Labute approximate surface area is 157 Å². The lowest BCUT2D eigenvalue weighted by Crippen LogP contribution is -2.68. The van der Waals surface area contributed by atoms with Gasteiger partial charge in [-0.05, 0) is 35.9 Å². The monoisotopic (exact) mass is 392 g/mol. The van der Waals surface area contributed by atoms with Crippen LogP contribution in [-0.4, -0.2) is 19.0 Å². The zero-order valence-corrected chi connectivity index (χ0v) is 15.3. The van der Waals surface area contributed by atoms with Crippen LogP contribution in [0.15, 0.2) is 54.6 Å². The topological polar surface area (TPSA) is 124 Å². The van der Waals surface area contributed by atoms with Gasteiger partial charge in [-0.15, -0.1) is 10.2 Å². The summed E-state index contributed by atoms with van der Waals surface area (Å²) in [5.41, 5.74) is 2.32. The fraction of sp³-hybridized carbons (Fsp3) is 0.158. The summed E-state index contributed by atoms with van der Waals surface area (Å²) in [5, 5.41) is 2.32. The molecule has 3 aromatic rings. The molecule has 0 aromatic heterocycles. The van der Waals surface area contributed by atoms with Gasteiger partial charge in [0.2, 0.25) is 0 Å². The van der Waals surface area contributed by atoms with Gasteiger partial charge in [0.1, 0.15) is 17.6 Å². The van der Waals surface area contributed by atoms with E-state index in [0.29, 0.717) is 0 Å². The average molecular weight is 393 g/mol. The third kappa shape index (κ3) is 4.24. The minimum Gasteiger partial charge on any atom is -0.584 e. The average Bonchev–Trinajstić information content (AvgIpc) is 3.01. The van der Waals surface area contributed by atoms with Crippen molar-refractivity contribution in [3.05, 3.63) is 65.7 Å². The Bertz CT molecular complexity index is 929. The van der Waals surface area contributed by atoms with E-state index in [0.717, 1.165) is 28.2 Å². The number of methoxy groups -OCH3 is 1. The molecule has 0 radical (unpaired) electrons. The van der Waals surface area contributed by atoms with Crippen molar-refractivity contribution in [2.45, 2.75) is 6.10 Å². The molecule has 0 aliphatic carbocycles. The van der Waals surface area contributed by atoms with E-state index in [1.807, 2.05) is 31.4 Å².